The second-order valence-corrected chi connectivity index (χ2v) is 13.0. The van der Waals surface area contributed by atoms with Crippen molar-refractivity contribution >= 4 is 17.1 Å². The molecule has 9 heteroatoms. The van der Waals surface area contributed by atoms with Crippen LogP contribution in [-0.2, 0) is 24.1 Å². The van der Waals surface area contributed by atoms with E-state index in [4.69, 9.17) is 29.3 Å². The van der Waals surface area contributed by atoms with E-state index < -0.39 is 5.60 Å². The molecule has 0 saturated carbocycles. The molecular weight excluding hydrogens is 578 g/mol. The van der Waals surface area contributed by atoms with E-state index in [0.29, 0.717) is 13.1 Å². The molecule has 4 heterocycles. The van der Waals surface area contributed by atoms with Crippen LogP contribution in [0, 0.1) is 0 Å². The van der Waals surface area contributed by atoms with E-state index in [-0.39, 0.29) is 12.1 Å². The van der Waals surface area contributed by atoms with Gasteiger partial charge in [-0.15, -0.1) is 0 Å². The fourth-order valence-electron chi connectivity index (χ4n) is 6.46. The third-order valence-corrected chi connectivity index (χ3v) is 8.85. The van der Waals surface area contributed by atoms with E-state index >= 15 is 0 Å². The normalized spacial score (nSPS) is 15.8. The Bertz CT molecular complexity index is 1910. The zero-order chi connectivity index (χ0) is 32.0. The highest BCUT2D eigenvalue weighted by Gasteiger charge is 2.37. The Morgan fingerprint density at radius 1 is 0.978 bits per heavy atom. The van der Waals surface area contributed by atoms with Crippen molar-refractivity contribution in [2.75, 3.05) is 20.8 Å². The smallest absolute Gasteiger partial charge is 0.410 e. The summed E-state index contributed by atoms with van der Waals surface area (Å²) in [5, 5.41) is 5.12. The second-order valence-electron chi connectivity index (χ2n) is 13.0. The van der Waals surface area contributed by atoms with Crippen molar-refractivity contribution in [2.24, 2.45) is 0 Å². The molecule has 5 aromatic rings. The minimum Gasteiger partial charge on any atom is -0.497 e. The Morgan fingerprint density at radius 2 is 1.80 bits per heavy atom. The van der Waals surface area contributed by atoms with Crippen LogP contribution in [0.5, 0.6) is 11.5 Å². The van der Waals surface area contributed by atoms with E-state index in [9.17, 15) is 4.79 Å². The Balaban J connectivity index is 1.30. The minimum atomic E-state index is -0.547. The number of carbonyl (C=O) groups is 1. The van der Waals surface area contributed by atoms with Gasteiger partial charge in [0.2, 0.25) is 0 Å². The number of carbonyl (C=O) groups excluding carboxylic acids is 1. The molecule has 1 amide bonds. The first-order valence-corrected chi connectivity index (χ1v) is 15.9. The fraction of sp³-hybridized carbons (Fsp3) is 0.351. The standard InChI is InChI=1S/C37H39N5O4/c1-37(2,3)46-36(43)41-19-18-30(41)29-17-14-25(21-38-29)33-35-31(42(40-33)22-23-12-15-26(44-4)16-13-23)20-32(45-5)34(39-35)28-11-7-9-24-8-6-10-27(24)28/h7,9,11-17,20-21,30H,6,8,10,18-19,22H2,1-5H3. The van der Waals surface area contributed by atoms with Gasteiger partial charge in [0.05, 0.1) is 38.0 Å². The van der Waals surface area contributed by atoms with E-state index in [1.165, 1.54) is 11.1 Å². The lowest BCUT2D eigenvalue weighted by molar-refractivity contribution is -0.00652. The summed E-state index contributed by atoms with van der Waals surface area (Å²) in [6, 6.07) is 20.4. The molecule has 1 saturated heterocycles. The SMILES string of the molecule is COc1ccc(Cn2nc(-c3ccc(C4CCN4C(=O)OC(C)(C)C)nc3)c3nc(-c4cccc5c4CCC5)c(OC)cc32)cc1. The Kier molecular flexibility index (Phi) is 7.63. The molecule has 0 bridgehead atoms. The third kappa shape index (κ3) is 5.55. The summed E-state index contributed by atoms with van der Waals surface area (Å²) in [4.78, 5) is 24.6. The van der Waals surface area contributed by atoms with Gasteiger partial charge in [0.15, 0.2) is 0 Å². The summed E-state index contributed by atoms with van der Waals surface area (Å²) >= 11 is 0. The predicted octanol–water partition coefficient (Wildman–Crippen LogP) is 7.40. The third-order valence-electron chi connectivity index (χ3n) is 8.85. The number of pyridine rings is 2. The number of ether oxygens (including phenoxy) is 3. The number of methoxy groups -OCH3 is 2. The van der Waals surface area contributed by atoms with Gasteiger partial charge in [0.25, 0.3) is 0 Å². The summed E-state index contributed by atoms with van der Waals surface area (Å²) in [6.45, 7) is 6.84. The maximum absolute atomic E-state index is 12.8. The van der Waals surface area contributed by atoms with Gasteiger partial charge in [-0.05, 0) is 87.4 Å². The highest BCUT2D eigenvalue weighted by atomic mass is 16.6. The van der Waals surface area contributed by atoms with Crippen molar-refractivity contribution in [3.63, 3.8) is 0 Å². The summed E-state index contributed by atoms with van der Waals surface area (Å²) in [7, 11) is 3.36. The zero-order valence-corrected chi connectivity index (χ0v) is 27.0. The van der Waals surface area contributed by atoms with Crippen LogP contribution in [-0.4, -0.2) is 57.1 Å². The molecule has 3 aromatic heterocycles. The molecular formula is C37H39N5O4. The van der Waals surface area contributed by atoms with Gasteiger partial charge in [-0.1, -0.05) is 30.3 Å². The van der Waals surface area contributed by atoms with Crippen molar-refractivity contribution in [2.45, 2.75) is 64.6 Å². The topological polar surface area (TPSA) is 91.6 Å². The van der Waals surface area contributed by atoms with Crippen molar-refractivity contribution in [3.8, 4) is 34.0 Å². The van der Waals surface area contributed by atoms with Crippen LogP contribution in [0.2, 0.25) is 0 Å². The number of rotatable bonds is 7. The number of amides is 1. The Labute approximate surface area is 269 Å². The van der Waals surface area contributed by atoms with Crippen molar-refractivity contribution in [3.05, 3.63) is 89.2 Å². The number of aromatic nitrogens is 4. The molecule has 2 aromatic carbocycles. The maximum atomic E-state index is 12.8. The van der Waals surface area contributed by atoms with Gasteiger partial charge in [-0.25, -0.2) is 9.78 Å². The lowest BCUT2D eigenvalue weighted by atomic mass is 9.98. The molecule has 0 spiro atoms. The van der Waals surface area contributed by atoms with Crippen LogP contribution in [0.3, 0.4) is 0 Å². The number of nitrogens with zero attached hydrogens (tertiary/aromatic N) is 5. The highest BCUT2D eigenvalue weighted by molar-refractivity contribution is 5.93. The summed E-state index contributed by atoms with van der Waals surface area (Å²) in [5.74, 6) is 1.52. The highest BCUT2D eigenvalue weighted by Crippen LogP contribution is 2.40. The average molecular weight is 618 g/mol. The van der Waals surface area contributed by atoms with Gasteiger partial charge < -0.3 is 14.2 Å². The molecule has 7 rings (SSSR count). The molecule has 1 aliphatic carbocycles. The average Bonchev–Trinajstić information content (AvgIpc) is 3.64. The lowest BCUT2D eigenvalue weighted by Crippen LogP contribution is -2.47. The monoisotopic (exact) mass is 617 g/mol. The van der Waals surface area contributed by atoms with Crippen LogP contribution < -0.4 is 9.47 Å². The van der Waals surface area contributed by atoms with Crippen LogP contribution in [0.25, 0.3) is 33.5 Å². The van der Waals surface area contributed by atoms with E-state index in [0.717, 1.165) is 82.0 Å². The molecule has 46 heavy (non-hydrogen) atoms. The largest absolute Gasteiger partial charge is 0.497 e. The van der Waals surface area contributed by atoms with Crippen molar-refractivity contribution in [1.29, 1.82) is 0 Å². The summed E-state index contributed by atoms with van der Waals surface area (Å²) in [5.41, 5.74) is 9.30. The Hall–Kier alpha value is -4.92. The van der Waals surface area contributed by atoms with Gasteiger partial charge >= 0.3 is 6.09 Å². The Morgan fingerprint density at radius 3 is 2.48 bits per heavy atom. The summed E-state index contributed by atoms with van der Waals surface area (Å²) < 4.78 is 18.9. The van der Waals surface area contributed by atoms with E-state index in [1.54, 1.807) is 19.1 Å². The number of likely N-dealkylation sites (tertiary alicyclic amines) is 1. The second kappa shape index (κ2) is 11.8. The quantitative estimate of drug-likeness (QED) is 0.188. The number of aryl methyl sites for hydroxylation is 1. The van der Waals surface area contributed by atoms with E-state index in [1.807, 2.05) is 68.0 Å². The van der Waals surface area contributed by atoms with Crippen LogP contribution in [0.4, 0.5) is 4.79 Å². The number of hydrogen-bond donors (Lipinski definition) is 0. The first-order chi connectivity index (χ1) is 22.2. The zero-order valence-electron chi connectivity index (χ0n) is 27.0. The van der Waals surface area contributed by atoms with Gasteiger partial charge in [0, 0.05) is 29.9 Å². The van der Waals surface area contributed by atoms with Gasteiger partial charge in [0.1, 0.15) is 34.0 Å². The predicted molar refractivity (Wildman–Crippen MR) is 177 cm³/mol. The molecule has 1 fully saturated rings. The first-order valence-electron chi connectivity index (χ1n) is 15.9. The van der Waals surface area contributed by atoms with Crippen molar-refractivity contribution in [1.82, 2.24) is 24.6 Å². The number of hydrogen-bond acceptors (Lipinski definition) is 7. The molecule has 236 valence electrons. The molecule has 1 atom stereocenters. The van der Waals surface area contributed by atoms with E-state index in [2.05, 4.69) is 24.3 Å². The number of benzene rings is 2. The fourth-order valence-corrected chi connectivity index (χ4v) is 6.46. The molecule has 0 radical (unpaired) electrons. The molecule has 1 aliphatic heterocycles. The van der Waals surface area contributed by atoms with Crippen LogP contribution in [0.15, 0.2) is 66.9 Å². The number of fused-ring (bicyclic) bond motifs is 2. The van der Waals surface area contributed by atoms with Crippen LogP contribution in [0.1, 0.15) is 62.0 Å². The van der Waals surface area contributed by atoms with Crippen molar-refractivity contribution < 1.29 is 19.0 Å². The first kappa shape index (κ1) is 29.8. The molecule has 2 aliphatic rings. The van der Waals surface area contributed by atoms with Crippen LogP contribution >= 0.6 is 0 Å². The maximum Gasteiger partial charge on any atom is 0.410 e. The minimum absolute atomic E-state index is 0.109. The van der Waals surface area contributed by atoms with Gasteiger partial charge in [-0.2, -0.15) is 5.10 Å². The van der Waals surface area contributed by atoms with Gasteiger partial charge in [-0.3, -0.25) is 14.6 Å². The lowest BCUT2D eigenvalue weighted by Gasteiger charge is -2.40. The molecule has 9 nitrogen and oxygen atoms in total. The summed E-state index contributed by atoms with van der Waals surface area (Å²) in [6.07, 6.45) is 5.64. The molecule has 1 unspecified atom stereocenters. The molecule has 0 N–H and O–H groups in total.